The summed E-state index contributed by atoms with van der Waals surface area (Å²) in [5, 5.41) is 2.89. The van der Waals surface area contributed by atoms with Gasteiger partial charge in [-0.25, -0.2) is 0 Å². The predicted molar refractivity (Wildman–Crippen MR) is 107 cm³/mol. The van der Waals surface area contributed by atoms with Crippen LogP contribution in [0.15, 0.2) is 48.8 Å². The van der Waals surface area contributed by atoms with E-state index >= 15 is 0 Å². The first-order valence-corrected chi connectivity index (χ1v) is 9.61. The van der Waals surface area contributed by atoms with Gasteiger partial charge < -0.3 is 5.32 Å². The molecule has 0 bridgehead atoms. The first-order valence-electron chi connectivity index (χ1n) is 9.61. The Bertz CT molecular complexity index is 839. The number of carbonyl (C=O) groups excluding carboxylic acids is 2. The summed E-state index contributed by atoms with van der Waals surface area (Å²) in [6.07, 6.45) is 6.11. The van der Waals surface area contributed by atoms with Gasteiger partial charge in [0.15, 0.2) is 12.4 Å². The minimum absolute atomic E-state index is 0.109. The third-order valence-electron chi connectivity index (χ3n) is 5.45. The van der Waals surface area contributed by atoms with Crippen molar-refractivity contribution in [3.8, 4) is 0 Å². The molecule has 2 heterocycles. The van der Waals surface area contributed by atoms with Crippen LogP contribution < -0.4 is 14.8 Å². The largest absolute Gasteiger partial charge is 0.322 e. The average Bonchev–Trinajstić information content (AvgIpc) is 2.64. The first kappa shape index (κ1) is 19.1. The molecular weight excluding hydrogens is 338 g/mol. The topological polar surface area (TPSA) is 53.3 Å². The number of aromatic nitrogens is 1. The Kier molecular flexibility index (Phi) is 5.31. The lowest BCUT2D eigenvalue weighted by atomic mass is 9.95. The molecule has 2 amide bonds. The molecule has 27 heavy (non-hydrogen) atoms. The smallest absolute Gasteiger partial charge is 0.293 e. The highest BCUT2D eigenvalue weighted by Crippen LogP contribution is 2.36. The normalized spacial score (nSPS) is 15.4. The van der Waals surface area contributed by atoms with Crippen LogP contribution in [0.1, 0.15) is 52.0 Å². The maximum atomic E-state index is 13.1. The van der Waals surface area contributed by atoms with Crippen LogP contribution in [0.3, 0.4) is 0 Å². The summed E-state index contributed by atoms with van der Waals surface area (Å²) in [7, 11) is 0. The fraction of sp³-hybridized carbons (Fsp3) is 0.409. The average molecular weight is 366 g/mol. The zero-order valence-electron chi connectivity index (χ0n) is 16.5. The van der Waals surface area contributed by atoms with Crippen LogP contribution >= 0.6 is 0 Å². The minimum Gasteiger partial charge on any atom is -0.322 e. The molecule has 0 aliphatic carbocycles. The van der Waals surface area contributed by atoms with Gasteiger partial charge in [0.05, 0.1) is 11.4 Å². The molecule has 0 spiro atoms. The molecule has 0 saturated heterocycles. The van der Waals surface area contributed by atoms with Crippen LogP contribution in [0.2, 0.25) is 0 Å². The van der Waals surface area contributed by atoms with Gasteiger partial charge in [0.25, 0.3) is 5.91 Å². The molecule has 0 saturated carbocycles. The van der Waals surface area contributed by atoms with Crippen molar-refractivity contribution in [3.05, 3.63) is 54.4 Å². The molecule has 1 N–H and O–H groups in total. The molecule has 0 atom stereocenters. The number of nitrogens with one attached hydrogen (secondary N) is 1. The van der Waals surface area contributed by atoms with Crippen molar-refractivity contribution < 1.29 is 14.2 Å². The summed E-state index contributed by atoms with van der Waals surface area (Å²) in [6, 6.07) is 11.6. The molecule has 0 unspecified atom stereocenters. The molecule has 1 aromatic carbocycles. The Hall–Kier alpha value is -2.69. The van der Waals surface area contributed by atoms with E-state index in [1.54, 1.807) is 18.7 Å². The predicted octanol–water partition coefficient (Wildman–Crippen LogP) is 3.64. The van der Waals surface area contributed by atoms with E-state index in [-0.39, 0.29) is 18.4 Å². The second-order valence-corrected chi connectivity index (χ2v) is 7.58. The Morgan fingerprint density at radius 1 is 1.11 bits per heavy atom. The lowest BCUT2D eigenvalue weighted by Gasteiger charge is -2.41. The van der Waals surface area contributed by atoms with Crippen molar-refractivity contribution in [2.24, 2.45) is 0 Å². The number of hydrogen-bond acceptors (Lipinski definition) is 2. The zero-order valence-corrected chi connectivity index (χ0v) is 16.5. The quantitative estimate of drug-likeness (QED) is 0.822. The summed E-state index contributed by atoms with van der Waals surface area (Å²) in [4.78, 5) is 27.3. The van der Waals surface area contributed by atoms with E-state index in [0.29, 0.717) is 11.6 Å². The maximum Gasteiger partial charge on any atom is 0.293 e. The third-order valence-corrected chi connectivity index (χ3v) is 5.45. The molecule has 0 radical (unpaired) electrons. The lowest BCUT2D eigenvalue weighted by molar-refractivity contribution is -0.684. The van der Waals surface area contributed by atoms with Crippen molar-refractivity contribution in [2.75, 3.05) is 10.2 Å². The van der Waals surface area contributed by atoms with E-state index in [1.807, 2.05) is 41.2 Å². The molecule has 5 heteroatoms. The van der Waals surface area contributed by atoms with Crippen LogP contribution in [0.4, 0.5) is 11.4 Å². The van der Waals surface area contributed by atoms with Gasteiger partial charge in [0, 0.05) is 12.1 Å². The second kappa shape index (κ2) is 7.51. The Labute approximate surface area is 161 Å². The van der Waals surface area contributed by atoms with Crippen molar-refractivity contribution >= 4 is 23.2 Å². The fourth-order valence-electron chi connectivity index (χ4n) is 3.73. The van der Waals surface area contributed by atoms with Gasteiger partial charge in [-0.15, -0.1) is 0 Å². The lowest BCUT2D eigenvalue weighted by Crippen LogP contribution is -2.60. The summed E-state index contributed by atoms with van der Waals surface area (Å²) in [5.41, 5.74) is 1.76. The molecule has 1 aliphatic rings. The monoisotopic (exact) mass is 366 g/mol. The van der Waals surface area contributed by atoms with E-state index in [4.69, 9.17) is 0 Å². The van der Waals surface area contributed by atoms with E-state index in [0.717, 1.165) is 18.5 Å². The SMILES string of the molecule is CCC(CC)c1cc[n+](CC(=O)N2c3ccccc3NC(=O)C2(C)C)cc1. The van der Waals surface area contributed by atoms with Crippen molar-refractivity contribution in [2.45, 2.75) is 58.5 Å². The Morgan fingerprint density at radius 2 is 1.74 bits per heavy atom. The van der Waals surface area contributed by atoms with Crippen molar-refractivity contribution in [3.63, 3.8) is 0 Å². The first-order chi connectivity index (χ1) is 12.9. The second-order valence-electron chi connectivity index (χ2n) is 7.58. The van der Waals surface area contributed by atoms with Crippen molar-refractivity contribution in [1.82, 2.24) is 0 Å². The number of pyridine rings is 1. The summed E-state index contributed by atoms with van der Waals surface area (Å²) in [6.45, 7) is 8.13. The molecule has 1 aliphatic heterocycles. The number of benzene rings is 1. The Balaban J connectivity index is 1.86. The molecule has 5 nitrogen and oxygen atoms in total. The molecule has 2 aromatic rings. The standard InChI is InChI=1S/C22H27N3O2/c1-5-16(6-2)17-11-13-24(14-12-17)15-20(26)25-19-10-8-7-9-18(19)23-21(27)22(25,3)4/h7-14,16H,5-6,15H2,1-4H3/p+1. The molecular formula is C22H28N3O2+. The highest BCUT2D eigenvalue weighted by molar-refractivity contribution is 6.13. The number of fused-ring (bicyclic) bond motifs is 1. The van der Waals surface area contributed by atoms with Crippen LogP contribution in [0.25, 0.3) is 0 Å². The zero-order chi connectivity index (χ0) is 19.6. The van der Waals surface area contributed by atoms with Gasteiger partial charge in [-0.05, 0) is 50.3 Å². The number of rotatable bonds is 5. The third kappa shape index (κ3) is 3.59. The van der Waals surface area contributed by atoms with Gasteiger partial charge in [-0.1, -0.05) is 26.0 Å². The molecule has 142 valence electrons. The number of nitrogens with zero attached hydrogens (tertiary/aromatic N) is 2. The van der Waals surface area contributed by atoms with Gasteiger partial charge in [0.1, 0.15) is 5.54 Å². The number of para-hydroxylation sites is 2. The maximum absolute atomic E-state index is 13.1. The highest BCUT2D eigenvalue weighted by atomic mass is 16.2. The number of hydrogen-bond donors (Lipinski definition) is 1. The number of anilines is 2. The Morgan fingerprint density at radius 3 is 2.37 bits per heavy atom. The van der Waals surface area contributed by atoms with E-state index in [1.165, 1.54) is 5.56 Å². The molecule has 0 fully saturated rings. The van der Waals surface area contributed by atoms with E-state index in [9.17, 15) is 9.59 Å². The minimum atomic E-state index is -0.943. The highest BCUT2D eigenvalue weighted by Gasteiger charge is 2.44. The molecule has 3 rings (SSSR count). The summed E-state index contributed by atoms with van der Waals surface area (Å²) >= 11 is 0. The van der Waals surface area contributed by atoms with E-state index in [2.05, 4.69) is 31.3 Å². The van der Waals surface area contributed by atoms with Gasteiger partial charge >= 0.3 is 0 Å². The number of carbonyl (C=O) groups is 2. The summed E-state index contributed by atoms with van der Waals surface area (Å²) < 4.78 is 1.87. The van der Waals surface area contributed by atoms with Gasteiger partial charge in [-0.3, -0.25) is 14.5 Å². The van der Waals surface area contributed by atoms with Gasteiger partial charge in [0.2, 0.25) is 12.5 Å². The van der Waals surface area contributed by atoms with Crippen LogP contribution in [-0.2, 0) is 16.1 Å². The summed E-state index contributed by atoms with van der Waals surface area (Å²) in [5.74, 6) is 0.262. The van der Waals surface area contributed by atoms with Crippen LogP contribution in [0, 0.1) is 0 Å². The van der Waals surface area contributed by atoms with Gasteiger partial charge in [-0.2, -0.15) is 4.57 Å². The molecule has 1 aromatic heterocycles. The fourth-order valence-corrected chi connectivity index (χ4v) is 3.73. The van der Waals surface area contributed by atoms with Crippen molar-refractivity contribution in [1.29, 1.82) is 0 Å². The van der Waals surface area contributed by atoms with E-state index < -0.39 is 5.54 Å². The number of amides is 2. The van der Waals surface area contributed by atoms with Crippen LogP contribution in [-0.4, -0.2) is 17.4 Å². The van der Waals surface area contributed by atoms with Crippen LogP contribution in [0.5, 0.6) is 0 Å².